The third-order valence-electron chi connectivity index (χ3n) is 2.33. The quantitative estimate of drug-likeness (QED) is 0.676. The average Bonchev–Trinajstić information content (AvgIpc) is 2.72. The summed E-state index contributed by atoms with van der Waals surface area (Å²) >= 11 is 0. The van der Waals surface area contributed by atoms with Crippen molar-refractivity contribution in [1.82, 2.24) is 10.5 Å². The molecular formula is C10H8N4O. The van der Waals surface area contributed by atoms with Crippen LogP contribution in [0.5, 0.6) is 0 Å². The van der Waals surface area contributed by atoms with Crippen molar-refractivity contribution in [3.8, 4) is 0 Å². The number of rotatable bonds is 1. The maximum Gasteiger partial charge on any atom is 0.229 e. The minimum absolute atomic E-state index is 0.698. The molecule has 74 valence electrons. The maximum atomic E-state index is 10.6. The molecule has 0 spiro atoms. The van der Waals surface area contributed by atoms with Gasteiger partial charge in [-0.15, -0.1) is 5.53 Å². The Hall–Kier alpha value is -2.14. The number of amides is 1. The fraction of sp³-hybridized carbons (Fsp3) is 0. The largest absolute Gasteiger partial charge is 0.277 e. The van der Waals surface area contributed by atoms with E-state index in [1.54, 1.807) is 17.4 Å². The van der Waals surface area contributed by atoms with E-state index in [-0.39, 0.29) is 0 Å². The van der Waals surface area contributed by atoms with Crippen molar-refractivity contribution in [2.45, 2.75) is 0 Å². The molecule has 0 aliphatic carbocycles. The van der Waals surface area contributed by atoms with Gasteiger partial charge in [-0.1, -0.05) is 18.2 Å². The topological polar surface area (TPSA) is 47.9 Å². The van der Waals surface area contributed by atoms with E-state index in [1.165, 1.54) is 5.01 Å². The molecule has 0 atom stereocenters. The van der Waals surface area contributed by atoms with E-state index in [9.17, 15) is 4.79 Å². The standard InChI is InChI=1S/C10H8N4O/c15-7-13-6-10-11-5-8-3-1-2-4-9(8)14(10)12-13/h1-7,12H. The summed E-state index contributed by atoms with van der Waals surface area (Å²) < 4.78 is 0. The molecule has 3 rings (SSSR count). The van der Waals surface area contributed by atoms with E-state index in [4.69, 9.17) is 0 Å². The number of nitrogens with zero attached hydrogens (tertiary/aromatic N) is 3. The molecule has 0 saturated carbocycles. The highest BCUT2D eigenvalue weighted by atomic mass is 16.2. The van der Waals surface area contributed by atoms with Crippen LogP contribution in [0.25, 0.3) is 0 Å². The average molecular weight is 200 g/mol. The Morgan fingerprint density at radius 3 is 3.07 bits per heavy atom. The highest BCUT2D eigenvalue weighted by molar-refractivity contribution is 5.91. The van der Waals surface area contributed by atoms with E-state index in [0.29, 0.717) is 12.2 Å². The number of hydrazine groups is 2. The van der Waals surface area contributed by atoms with Gasteiger partial charge in [-0.2, -0.15) is 0 Å². The van der Waals surface area contributed by atoms with Crippen molar-refractivity contribution in [2.75, 3.05) is 5.01 Å². The summed E-state index contributed by atoms with van der Waals surface area (Å²) in [5.41, 5.74) is 4.90. The Balaban J connectivity index is 2.09. The molecule has 1 N–H and O–H groups in total. The molecule has 2 heterocycles. The molecule has 15 heavy (non-hydrogen) atoms. The molecule has 0 saturated heterocycles. The van der Waals surface area contributed by atoms with Gasteiger partial charge in [0.05, 0.1) is 11.9 Å². The number of hydrogen-bond acceptors (Lipinski definition) is 4. The lowest BCUT2D eigenvalue weighted by molar-refractivity contribution is -0.117. The second-order valence-corrected chi connectivity index (χ2v) is 3.25. The molecular weight excluding hydrogens is 192 g/mol. The van der Waals surface area contributed by atoms with Crippen molar-refractivity contribution in [3.05, 3.63) is 41.8 Å². The molecule has 5 heteroatoms. The fourth-order valence-corrected chi connectivity index (χ4v) is 1.64. The minimum atomic E-state index is 0.698. The minimum Gasteiger partial charge on any atom is -0.277 e. The summed E-state index contributed by atoms with van der Waals surface area (Å²) in [7, 11) is 0. The maximum absolute atomic E-state index is 10.6. The molecule has 5 nitrogen and oxygen atoms in total. The van der Waals surface area contributed by atoms with E-state index in [0.717, 1.165) is 11.3 Å². The molecule has 0 bridgehead atoms. The van der Waals surface area contributed by atoms with Crippen LogP contribution in [0.2, 0.25) is 0 Å². The predicted octanol–water partition coefficient (Wildman–Crippen LogP) is 0.616. The van der Waals surface area contributed by atoms with Gasteiger partial charge in [-0.25, -0.2) is 15.0 Å². The molecule has 1 aromatic rings. The summed E-state index contributed by atoms with van der Waals surface area (Å²) in [5.74, 6) is 0.709. The van der Waals surface area contributed by atoms with Crippen LogP contribution in [0.4, 0.5) is 5.69 Å². The number of benzene rings is 1. The second-order valence-electron chi connectivity index (χ2n) is 3.25. The van der Waals surface area contributed by atoms with Crippen LogP contribution in [0.3, 0.4) is 0 Å². The van der Waals surface area contributed by atoms with E-state index in [2.05, 4.69) is 10.5 Å². The van der Waals surface area contributed by atoms with Crippen molar-refractivity contribution in [2.24, 2.45) is 4.99 Å². The molecule has 0 unspecified atom stereocenters. The van der Waals surface area contributed by atoms with Gasteiger partial charge in [0.25, 0.3) is 0 Å². The predicted molar refractivity (Wildman–Crippen MR) is 55.6 cm³/mol. The highest BCUT2D eigenvalue weighted by Gasteiger charge is 2.25. The van der Waals surface area contributed by atoms with Gasteiger partial charge in [0.2, 0.25) is 6.41 Å². The summed E-state index contributed by atoms with van der Waals surface area (Å²) in [6.07, 6.45) is 4.12. The van der Waals surface area contributed by atoms with Crippen molar-refractivity contribution >= 4 is 18.3 Å². The Morgan fingerprint density at radius 1 is 1.33 bits per heavy atom. The van der Waals surface area contributed by atoms with Crippen LogP contribution in [0.1, 0.15) is 5.56 Å². The second kappa shape index (κ2) is 2.93. The molecule has 1 amide bonds. The van der Waals surface area contributed by atoms with Crippen LogP contribution < -0.4 is 10.5 Å². The number of carbonyl (C=O) groups is 1. The Kier molecular flexibility index (Phi) is 1.60. The lowest BCUT2D eigenvalue weighted by Gasteiger charge is -2.24. The van der Waals surface area contributed by atoms with Crippen molar-refractivity contribution in [3.63, 3.8) is 0 Å². The van der Waals surface area contributed by atoms with Crippen LogP contribution in [0, 0.1) is 0 Å². The number of carbonyl (C=O) groups excluding carboxylic acids is 1. The van der Waals surface area contributed by atoms with Crippen LogP contribution in [-0.4, -0.2) is 17.6 Å². The molecule has 1 aromatic carbocycles. The fourth-order valence-electron chi connectivity index (χ4n) is 1.64. The van der Waals surface area contributed by atoms with Crippen molar-refractivity contribution in [1.29, 1.82) is 0 Å². The number of para-hydroxylation sites is 1. The van der Waals surface area contributed by atoms with Gasteiger partial charge in [-0.3, -0.25) is 4.79 Å². The first-order chi connectivity index (χ1) is 7.38. The summed E-state index contributed by atoms with van der Waals surface area (Å²) in [4.78, 5) is 14.8. The normalized spacial score (nSPS) is 17.2. The molecule has 0 radical (unpaired) electrons. The number of anilines is 1. The lowest BCUT2D eigenvalue weighted by atomic mass is 10.1. The number of fused-ring (bicyclic) bond motifs is 3. The van der Waals surface area contributed by atoms with Gasteiger partial charge in [0.1, 0.15) is 0 Å². The Bertz CT molecular complexity index is 480. The van der Waals surface area contributed by atoms with Gasteiger partial charge >= 0.3 is 0 Å². The Labute approximate surface area is 86.3 Å². The summed E-state index contributed by atoms with van der Waals surface area (Å²) in [5, 5.41) is 3.10. The number of aliphatic imine (C=N–C) groups is 1. The van der Waals surface area contributed by atoms with Crippen LogP contribution >= 0.6 is 0 Å². The monoisotopic (exact) mass is 200 g/mol. The van der Waals surface area contributed by atoms with Crippen molar-refractivity contribution < 1.29 is 4.79 Å². The molecule has 0 fully saturated rings. The van der Waals surface area contributed by atoms with Gasteiger partial charge in [0.15, 0.2) is 5.82 Å². The Morgan fingerprint density at radius 2 is 2.20 bits per heavy atom. The zero-order valence-corrected chi connectivity index (χ0v) is 7.79. The first kappa shape index (κ1) is 8.19. The van der Waals surface area contributed by atoms with Gasteiger partial charge < -0.3 is 0 Å². The van der Waals surface area contributed by atoms with Gasteiger partial charge in [0, 0.05) is 11.8 Å². The first-order valence-corrected chi connectivity index (χ1v) is 4.53. The van der Waals surface area contributed by atoms with E-state index < -0.39 is 0 Å². The highest BCUT2D eigenvalue weighted by Crippen LogP contribution is 2.28. The summed E-state index contributed by atoms with van der Waals surface area (Å²) in [6.45, 7) is 0. The number of nitrogens with one attached hydrogen (secondary N) is 1. The van der Waals surface area contributed by atoms with Crippen LogP contribution in [-0.2, 0) is 4.79 Å². The van der Waals surface area contributed by atoms with E-state index >= 15 is 0 Å². The zero-order valence-electron chi connectivity index (χ0n) is 7.79. The smallest absolute Gasteiger partial charge is 0.229 e. The van der Waals surface area contributed by atoms with Crippen LogP contribution in [0.15, 0.2) is 41.3 Å². The molecule has 2 aliphatic rings. The first-order valence-electron chi connectivity index (χ1n) is 4.53. The number of hydrogen-bond donors (Lipinski definition) is 1. The lowest BCUT2D eigenvalue weighted by Crippen LogP contribution is -2.40. The summed E-state index contributed by atoms with van der Waals surface area (Å²) in [6, 6.07) is 7.84. The third kappa shape index (κ3) is 1.14. The third-order valence-corrected chi connectivity index (χ3v) is 2.33. The molecule has 2 aliphatic heterocycles. The van der Waals surface area contributed by atoms with Gasteiger partial charge in [-0.05, 0) is 6.07 Å². The molecule has 0 aromatic heterocycles. The zero-order chi connectivity index (χ0) is 10.3. The van der Waals surface area contributed by atoms with E-state index in [1.807, 2.05) is 24.3 Å². The SMILES string of the molecule is O=CN1C=C2N=Cc3ccccc3N2N1.